The lowest BCUT2D eigenvalue weighted by Gasteiger charge is -2.25. The van der Waals surface area contributed by atoms with E-state index < -0.39 is 18.0 Å². The van der Waals surface area contributed by atoms with Gasteiger partial charge in [0.1, 0.15) is 6.04 Å². The van der Waals surface area contributed by atoms with Gasteiger partial charge >= 0.3 is 11.9 Å². The number of hydrogen-bond acceptors (Lipinski definition) is 4. The van der Waals surface area contributed by atoms with E-state index in [4.69, 9.17) is 15.9 Å². The van der Waals surface area contributed by atoms with Crippen molar-refractivity contribution in [2.75, 3.05) is 17.7 Å². The summed E-state index contributed by atoms with van der Waals surface area (Å²) in [7, 11) is 1.52. The van der Waals surface area contributed by atoms with Crippen molar-refractivity contribution in [1.29, 1.82) is 0 Å². The second-order valence-electron chi connectivity index (χ2n) is 3.71. The molecule has 6 heteroatoms. The molecule has 1 rings (SSSR count). The molecular formula is C11H14N2O4. The minimum atomic E-state index is -1.14. The number of rotatable bonds is 4. The molecule has 4 N–H and O–H groups in total. The zero-order valence-corrected chi connectivity index (χ0v) is 9.54. The average molecular weight is 238 g/mol. The van der Waals surface area contributed by atoms with E-state index in [0.29, 0.717) is 11.4 Å². The number of carboxylic acids is 2. The van der Waals surface area contributed by atoms with Gasteiger partial charge in [-0.3, -0.25) is 0 Å². The molecule has 0 saturated heterocycles. The number of nitrogens with zero attached hydrogens (tertiary/aromatic N) is 1. The highest BCUT2D eigenvalue weighted by molar-refractivity contribution is 5.96. The normalized spacial score (nSPS) is 11.9. The molecule has 0 bridgehead atoms. The molecular weight excluding hydrogens is 224 g/mol. The van der Waals surface area contributed by atoms with Crippen LogP contribution >= 0.6 is 0 Å². The Morgan fingerprint density at radius 2 is 1.94 bits per heavy atom. The predicted octanol–water partition coefficient (Wildman–Crippen LogP) is 0.876. The molecule has 1 aromatic rings. The third-order valence-corrected chi connectivity index (χ3v) is 2.57. The molecule has 0 fully saturated rings. The molecule has 6 nitrogen and oxygen atoms in total. The van der Waals surface area contributed by atoms with E-state index in [2.05, 4.69) is 0 Å². The van der Waals surface area contributed by atoms with Gasteiger partial charge in [0.25, 0.3) is 0 Å². The molecule has 0 aromatic heterocycles. The van der Waals surface area contributed by atoms with Crippen LogP contribution in [-0.2, 0) is 4.79 Å². The van der Waals surface area contributed by atoms with E-state index in [-0.39, 0.29) is 5.56 Å². The van der Waals surface area contributed by atoms with Crippen molar-refractivity contribution >= 4 is 23.3 Å². The van der Waals surface area contributed by atoms with Gasteiger partial charge in [-0.25, -0.2) is 9.59 Å². The van der Waals surface area contributed by atoms with Crippen LogP contribution in [0.2, 0.25) is 0 Å². The van der Waals surface area contributed by atoms with E-state index in [1.54, 1.807) is 0 Å². The van der Waals surface area contributed by atoms with Crippen LogP contribution in [0.3, 0.4) is 0 Å². The number of anilines is 2. The van der Waals surface area contributed by atoms with E-state index in [1.165, 1.54) is 37.1 Å². The molecule has 92 valence electrons. The second-order valence-corrected chi connectivity index (χ2v) is 3.71. The van der Waals surface area contributed by atoms with Gasteiger partial charge in [-0.15, -0.1) is 0 Å². The lowest BCUT2D eigenvalue weighted by Crippen LogP contribution is -2.36. The number of nitrogen functional groups attached to an aromatic ring is 1. The van der Waals surface area contributed by atoms with Crippen LogP contribution in [-0.4, -0.2) is 35.2 Å². The van der Waals surface area contributed by atoms with Gasteiger partial charge in [-0.05, 0) is 25.1 Å². The molecule has 0 aliphatic carbocycles. The maximum atomic E-state index is 11.0. The highest BCUT2D eigenvalue weighted by atomic mass is 16.4. The first-order chi connectivity index (χ1) is 7.84. The Morgan fingerprint density at radius 3 is 2.41 bits per heavy atom. The van der Waals surface area contributed by atoms with Gasteiger partial charge in [0.05, 0.1) is 11.3 Å². The number of aromatic carboxylic acids is 1. The van der Waals surface area contributed by atoms with E-state index >= 15 is 0 Å². The molecule has 1 aromatic carbocycles. The SMILES string of the molecule is CC(C(=O)O)N(C)c1ccc(N)cc1C(=O)O. The number of hydrogen-bond donors (Lipinski definition) is 3. The van der Waals surface area contributed by atoms with Crippen LogP contribution in [0.4, 0.5) is 11.4 Å². The topological polar surface area (TPSA) is 104 Å². The van der Waals surface area contributed by atoms with Crippen molar-refractivity contribution in [1.82, 2.24) is 0 Å². The van der Waals surface area contributed by atoms with Crippen molar-refractivity contribution in [3.05, 3.63) is 23.8 Å². The number of nitrogens with two attached hydrogens (primary N) is 1. The Balaban J connectivity index is 3.21. The summed E-state index contributed by atoms with van der Waals surface area (Å²) in [6.07, 6.45) is 0. The van der Waals surface area contributed by atoms with Crippen molar-refractivity contribution in [3.8, 4) is 0 Å². The molecule has 0 radical (unpaired) electrons. The minimum absolute atomic E-state index is 0.0133. The van der Waals surface area contributed by atoms with Crippen molar-refractivity contribution in [2.45, 2.75) is 13.0 Å². The van der Waals surface area contributed by atoms with E-state index in [0.717, 1.165) is 0 Å². The highest BCUT2D eigenvalue weighted by Crippen LogP contribution is 2.23. The Labute approximate surface area is 98.3 Å². The summed E-state index contributed by atoms with van der Waals surface area (Å²) in [5.74, 6) is -2.17. The Kier molecular flexibility index (Phi) is 3.57. The molecule has 0 spiro atoms. The van der Waals surface area contributed by atoms with Crippen molar-refractivity contribution in [2.24, 2.45) is 0 Å². The number of benzene rings is 1. The predicted molar refractivity (Wildman–Crippen MR) is 63.3 cm³/mol. The Bertz CT molecular complexity index is 459. The maximum Gasteiger partial charge on any atom is 0.337 e. The van der Waals surface area contributed by atoms with Crippen LogP contribution < -0.4 is 10.6 Å². The van der Waals surface area contributed by atoms with Crippen molar-refractivity contribution in [3.63, 3.8) is 0 Å². The molecule has 0 aliphatic heterocycles. The fourth-order valence-corrected chi connectivity index (χ4v) is 1.41. The smallest absolute Gasteiger partial charge is 0.337 e. The second kappa shape index (κ2) is 4.73. The van der Waals surface area contributed by atoms with Gasteiger partial charge in [0, 0.05) is 12.7 Å². The largest absolute Gasteiger partial charge is 0.480 e. The Hall–Kier alpha value is -2.24. The number of aliphatic carboxylic acids is 1. The summed E-state index contributed by atoms with van der Waals surface area (Å²) in [5, 5.41) is 17.9. The first-order valence-corrected chi connectivity index (χ1v) is 4.93. The van der Waals surface area contributed by atoms with Gasteiger partial charge in [-0.1, -0.05) is 0 Å². The summed E-state index contributed by atoms with van der Waals surface area (Å²) in [6.45, 7) is 1.48. The van der Waals surface area contributed by atoms with Gasteiger partial charge in [0.2, 0.25) is 0 Å². The number of carbonyl (C=O) groups is 2. The lowest BCUT2D eigenvalue weighted by molar-refractivity contribution is -0.138. The molecule has 0 saturated carbocycles. The van der Waals surface area contributed by atoms with E-state index in [1.807, 2.05) is 0 Å². The van der Waals surface area contributed by atoms with Gasteiger partial charge < -0.3 is 20.8 Å². The summed E-state index contributed by atoms with van der Waals surface area (Å²) >= 11 is 0. The summed E-state index contributed by atoms with van der Waals surface area (Å²) in [4.78, 5) is 23.3. The maximum absolute atomic E-state index is 11.0. The lowest BCUT2D eigenvalue weighted by atomic mass is 10.1. The van der Waals surface area contributed by atoms with Gasteiger partial charge in [0.15, 0.2) is 0 Å². The number of likely N-dealkylation sites (N-methyl/N-ethyl adjacent to an activating group) is 1. The van der Waals surface area contributed by atoms with Crippen LogP contribution in [0.15, 0.2) is 18.2 Å². The van der Waals surface area contributed by atoms with E-state index in [9.17, 15) is 9.59 Å². The highest BCUT2D eigenvalue weighted by Gasteiger charge is 2.21. The van der Waals surface area contributed by atoms with Crippen LogP contribution in [0, 0.1) is 0 Å². The van der Waals surface area contributed by atoms with Crippen LogP contribution in [0.1, 0.15) is 17.3 Å². The third-order valence-electron chi connectivity index (χ3n) is 2.57. The van der Waals surface area contributed by atoms with Crippen LogP contribution in [0.5, 0.6) is 0 Å². The Morgan fingerprint density at radius 1 is 1.35 bits per heavy atom. The summed E-state index contributed by atoms with van der Waals surface area (Å²) in [6, 6.07) is 3.52. The first-order valence-electron chi connectivity index (χ1n) is 4.93. The van der Waals surface area contributed by atoms with Crippen LogP contribution in [0.25, 0.3) is 0 Å². The van der Waals surface area contributed by atoms with Crippen molar-refractivity contribution < 1.29 is 19.8 Å². The minimum Gasteiger partial charge on any atom is -0.480 e. The monoisotopic (exact) mass is 238 g/mol. The summed E-state index contributed by atoms with van der Waals surface area (Å²) in [5.41, 5.74) is 6.13. The molecule has 1 unspecified atom stereocenters. The molecule has 0 aliphatic rings. The summed E-state index contributed by atoms with van der Waals surface area (Å²) < 4.78 is 0. The molecule has 0 heterocycles. The number of carboxylic acid groups (broad SMARTS) is 2. The zero-order chi connectivity index (χ0) is 13.2. The zero-order valence-electron chi connectivity index (χ0n) is 9.54. The average Bonchev–Trinajstić information content (AvgIpc) is 2.26. The quantitative estimate of drug-likeness (QED) is 0.672. The first kappa shape index (κ1) is 12.8. The molecule has 1 atom stereocenters. The fraction of sp³-hybridized carbons (Fsp3) is 0.273. The molecule has 0 amide bonds. The fourth-order valence-electron chi connectivity index (χ4n) is 1.41. The molecule has 17 heavy (non-hydrogen) atoms. The standard InChI is InChI=1S/C11H14N2O4/c1-6(10(14)15)13(2)9-4-3-7(12)5-8(9)11(16)17/h3-6H,12H2,1-2H3,(H,14,15)(H,16,17). The van der Waals surface area contributed by atoms with Gasteiger partial charge in [-0.2, -0.15) is 0 Å². The third kappa shape index (κ3) is 2.66.